The van der Waals surface area contributed by atoms with E-state index >= 15 is 0 Å². The van der Waals surface area contributed by atoms with Gasteiger partial charge in [0, 0.05) is 24.7 Å². The van der Waals surface area contributed by atoms with Crippen molar-refractivity contribution in [2.45, 2.75) is 24.7 Å². The number of carbonyl (C=O) groups excluding carboxylic acids is 1. The number of piperidine rings is 1. The highest BCUT2D eigenvalue weighted by atomic mass is 32.2. The second-order valence-corrected chi connectivity index (χ2v) is 8.55. The standard InChI is InChI=1S/C20H21N3O3S/c1-15-5-4-7-18(13-15)22-20(24)16-9-11-23(12-10-16)27(25,26)19-8-3-2-6-17(19)14-21/h2-8,13,16H,9-12H2,1H3,(H,22,24). The molecule has 1 aliphatic rings. The van der Waals surface area contributed by atoms with Gasteiger partial charge in [0.2, 0.25) is 15.9 Å². The number of aryl methyl sites for hydroxylation is 1. The molecule has 0 aromatic heterocycles. The van der Waals surface area contributed by atoms with Gasteiger partial charge in [-0.05, 0) is 49.6 Å². The van der Waals surface area contributed by atoms with Crippen molar-refractivity contribution >= 4 is 21.6 Å². The minimum absolute atomic E-state index is 0.0233. The maximum atomic E-state index is 12.8. The number of nitrogens with zero attached hydrogens (tertiary/aromatic N) is 2. The van der Waals surface area contributed by atoms with Gasteiger partial charge in [0.05, 0.1) is 10.5 Å². The lowest BCUT2D eigenvalue weighted by Crippen LogP contribution is -2.41. The summed E-state index contributed by atoms with van der Waals surface area (Å²) in [5, 5.41) is 12.1. The highest BCUT2D eigenvalue weighted by Crippen LogP contribution is 2.26. The molecule has 0 bridgehead atoms. The van der Waals surface area contributed by atoms with E-state index in [9.17, 15) is 13.2 Å². The molecule has 0 spiro atoms. The van der Waals surface area contributed by atoms with Crippen LogP contribution in [0.15, 0.2) is 53.4 Å². The normalized spacial score (nSPS) is 15.9. The number of carbonyl (C=O) groups is 1. The number of nitriles is 1. The molecule has 1 heterocycles. The summed E-state index contributed by atoms with van der Waals surface area (Å²) >= 11 is 0. The van der Waals surface area contributed by atoms with E-state index in [1.165, 1.54) is 16.4 Å². The first-order valence-electron chi connectivity index (χ1n) is 8.78. The molecule has 27 heavy (non-hydrogen) atoms. The van der Waals surface area contributed by atoms with Crippen LogP contribution < -0.4 is 5.32 Å². The lowest BCUT2D eigenvalue weighted by molar-refractivity contribution is -0.120. The Bertz CT molecular complexity index is 988. The van der Waals surface area contributed by atoms with Crippen LogP contribution in [0.2, 0.25) is 0 Å². The molecule has 0 saturated carbocycles. The second kappa shape index (κ2) is 7.91. The van der Waals surface area contributed by atoms with Gasteiger partial charge in [0.15, 0.2) is 0 Å². The van der Waals surface area contributed by atoms with Gasteiger partial charge < -0.3 is 5.32 Å². The Hall–Kier alpha value is -2.69. The lowest BCUT2D eigenvalue weighted by Gasteiger charge is -2.30. The Morgan fingerprint density at radius 2 is 1.85 bits per heavy atom. The Labute approximate surface area is 159 Å². The van der Waals surface area contributed by atoms with Crippen molar-refractivity contribution in [3.63, 3.8) is 0 Å². The zero-order chi connectivity index (χ0) is 19.4. The van der Waals surface area contributed by atoms with E-state index in [0.717, 1.165) is 11.3 Å². The molecule has 7 heteroatoms. The fourth-order valence-electron chi connectivity index (χ4n) is 3.25. The molecule has 2 aromatic carbocycles. The molecule has 1 saturated heterocycles. The molecule has 1 N–H and O–H groups in total. The summed E-state index contributed by atoms with van der Waals surface area (Å²) in [6.07, 6.45) is 0.900. The topological polar surface area (TPSA) is 90.3 Å². The number of hydrogen-bond acceptors (Lipinski definition) is 4. The molecular weight excluding hydrogens is 362 g/mol. The summed E-state index contributed by atoms with van der Waals surface area (Å²) in [6.45, 7) is 2.47. The minimum Gasteiger partial charge on any atom is -0.326 e. The lowest BCUT2D eigenvalue weighted by atomic mass is 9.97. The third kappa shape index (κ3) is 4.18. The SMILES string of the molecule is Cc1cccc(NC(=O)C2CCN(S(=O)(=O)c3ccccc3C#N)CC2)c1. The van der Waals surface area contributed by atoms with Crippen LogP contribution in [0.1, 0.15) is 24.0 Å². The van der Waals surface area contributed by atoms with Crippen LogP contribution >= 0.6 is 0 Å². The van der Waals surface area contributed by atoms with Crippen molar-refractivity contribution in [3.8, 4) is 6.07 Å². The molecule has 1 fully saturated rings. The summed E-state index contributed by atoms with van der Waals surface area (Å²) in [5.41, 5.74) is 1.94. The molecule has 140 valence electrons. The molecule has 1 aliphatic heterocycles. The summed E-state index contributed by atoms with van der Waals surface area (Å²) in [7, 11) is -3.74. The van der Waals surface area contributed by atoms with Crippen LogP contribution in [0.4, 0.5) is 5.69 Å². The summed E-state index contributed by atoms with van der Waals surface area (Å²) < 4.78 is 27.1. The van der Waals surface area contributed by atoms with Crippen LogP contribution in [-0.2, 0) is 14.8 Å². The van der Waals surface area contributed by atoms with Gasteiger partial charge in [-0.25, -0.2) is 8.42 Å². The third-order valence-electron chi connectivity index (χ3n) is 4.74. The van der Waals surface area contributed by atoms with E-state index in [1.54, 1.807) is 12.1 Å². The Morgan fingerprint density at radius 1 is 1.15 bits per heavy atom. The van der Waals surface area contributed by atoms with Gasteiger partial charge >= 0.3 is 0 Å². The van der Waals surface area contributed by atoms with Crippen molar-refractivity contribution in [2.24, 2.45) is 5.92 Å². The summed E-state index contributed by atoms with van der Waals surface area (Å²) in [6, 6.07) is 15.7. The van der Waals surface area contributed by atoms with E-state index < -0.39 is 10.0 Å². The van der Waals surface area contributed by atoms with Crippen LogP contribution in [-0.4, -0.2) is 31.7 Å². The van der Waals surface area contributed by atoms with Crippen LogP contribution in [0.25, 0.3) is 0 Å². The predicted octanol–water partition coefficient (Wildman–Crippen LogP) is 2.91. The van der Waals surface area contributed by atoms with E-state index in [-0.39, 0.29) is 35.4 Å². The zero-order valence-electron chi connectivity index (χ0n) is 15.1. The largest absolute Gasteiger partial charge is 0.326 e. The molecule has 6 nitrogen and oxygen atoms in total. The zero-order valence-corrected chi connectivity index (χ0v) is 15.9. The van der Waals surface area contributed by atoms with E-state index in [1.807, 2.05) is 37.3 Å². The maximum Gasteiger partial charge on any atom is 0.244 e. The van der Waals surface area contributed by atoms with Crippen molar-refractivity contribution in [1.29, 1.82) is 5.26 Å². The summed E-state index contributed by atoms with van der Waals surface area (Å²) in [4.78, 5) is 12.5. The molecule has 0 unspecified atom stereocenters. The van der Waals surface area contributed by atoms with Crippen molar-refractivity contribution in [3.05, 3.63) is 59.7 Å². The van der Waals surface area contributed by atoms with Gasteiger partial charge in [0.1, 0.15) is 6.07 Å². The number of anilines is 1. The molecular formula is C20H21N3O3S. The van der Waals surface area contributed by atoms with E-state index in [0.29, 0.717) is 12.8 Å². The fraction of sp³-hybridized carbons (Fsp3) is 0.300. The Balaban J connectivity index is 1.66. The van der Waals surface area contributed by atoms with Crippen LogP contribution in [0, 0.1) is 24.2 Å². The van der Waals surface area contributed by atoms with Crippen molar-refractivity contribution in [2.75, 3.05) is 18.4 Å². The molecule has 1 amide bonds. The number of sulfonamides is 1. The number of nitrogens with one attached hydrogen (secondary N) is 1. The van der Waals surface area contributed by atoms with Gasteiger partial charge in [0.25, 0.3) is 0 Å². The number of amides is 1. The number of benzene rings is 2. The second-order valence-electron chi connectivity index (χ2n) is 6.65. The average Bonchev–Trinajstić information content (AvgIpc) is 2.68. The van der Waals surface area contributed by atoms with Gasteiger partial charge in [-0.2, -0.15) is 9.57 Å². The molecule has 0 aliphatic carbocycles. The number of rotatable bonds is 4. The van der Waals surface area contributed by atoms with Crippen molar-refractivity contribution in [1.82, 2.24) is 4.31 Å². The fourth-order valence-corrected chi connectivity index (χ4v) is 4.86. The Morgan fingerprint density at radius 3 is 2.52 bits per heavy atom. The first-order chi connectivity index (χ1) is 12.9. The maximum absolute atomic E-state index is 12.8. The highest BCUT2D eigenvalue weighted by molar-refractivity contribution is 7.89. The van der Waals surface area contributed by atoms with E-state index in [2.05, 4.69) is 5.32 Å². The van der Waals surface area contributed by atoms with Gasteiger partial charge in [-0.3, -0.25) is 4.79 Å². The monoisotopic (exact) mass is 383 g/mol. The summed E-state index contributed by atoms with van der Waals surface area (Å²) in [5.74, 6) is -0.321. The minimum atomic E-state index is -3.74. The Kier molecular flexibility index (Phi) is 5.59. The molecule has 3 rings (SSSR count). The van der Waals surface area contributed by atoms with Crippen molar-refractivity contribution < 1.29 is 13.2 Å². The van der Waals surface area contributed by atoms with Crippen LogP contribution in [0.3, 0.4) is 0 Å². The van der Waals surface area contributed by atoms with Gasteiger partial charge in [-0.1, -0.05) is 24.3 Å². The number of hydrogen-bond donors (Lipinski definition) is 1. The first kappa shape index (κ1) is 19.1. The smallest absolute Gasteiger partial charge is 0.244 e. The predicted molar refractivity (Wildman–Crippen MR) is 102 cm³/mol. The van der Waals surface area contributed by atoms with Gasteiger partial charge in [-0.15, -0.1) is 0 Å². The average molecular weight is 383 g/mol. The molecule has 0 atom stereocenters. The highest BCUT2D eigenvalue weighted by Gasteiger charge is 2.33. The first-order valence-corrected chi connectivity index (χ1v) is 10.2. The molecule has 2 aromatic rings. The molecule has 0 radical (unpaired) electrons. The third-order valence-corrected chi connectivity index (χ3v) is 6.69. The van der Waals surface area contributed by atoms with Crippen LogP contribution in [0.5, 0.6) is 0 Å². The quantitative estimate of drug-likeness (QED) is 0.879. The van der Waals surface area contributed by atoms with E-state index in [4.69, 9.17) is 5.26 Å².